The van der Waals surface area contributed by atoms with E-state index in [1.54, 1.807) is 30.3 Å². The number of sulfonamides is 1. The lowest BCUT2D eigenvalue weighted by molar-refractivity contribution is 0.527. The summed E-state index contributed by atoms with van der Waals surface area (Å²) in [5.74, 6) is -0.0324. The van der Waals surface area contributed by atoms with Crippen LogP contribution in [0.1, 0.15) is 37.6 Å². The van der Waals surface area contributed by atoms with Gasteiger partial charge in [0.25, 0.3) is 10.0 Å². The molecule has 0 unspecified atom stereocenters. The Hall–Kier alpha value is -3.92. The molecule has 3 heterocycles. The van der Waals surface area contributed by atoms with E-state index in [2.05, 4.69) is 41.3 Å². The molecule has 9 nitrogen and oxygen atoms in total. The van der Waals surface area contributed by atoms with Crippen LogP contribution in [0.3, 0.4) is 0 Å². The zero-order valence-electron chi connectivity index (χ0n) is 19.8. The zero-order valence-corrected chi connectivity index (χ0v) is 20.6. The van der Waals surface area contributed by atoms with Gasteiger partial charge in [0.1, 0.15) is 5.82 Å². The number of fused-ring (bicyclic) bond motifs is 2. The fraction of sp³-hybridized carbons (Fsp3) is 0.240. The van der Waals surface area contributed by atoms with Gasteiger partial charge in [-0.2, -0.15) is 0 Å². The second-order valence-electron chi connectivity index (χ2n) is 9.52. The molecule has 2 aromatic carbocycles. The highest BCUT2D eigenvalue weighted by Crippen LogP contribution is 2.40. The second-order valence-corrected chi connectivity index (χ2v) is 11.4. The van der Waals surface area contributed by atoms with Crippen LogP contribution in [0.2, 0.25) is 0 Å². The molecule has 0 atom stereocenters. The molecule has 0 bridgehead atoms. The van der Waals surface area contributed by atoms with Crippen LogP contribution in [0.4, 0.5) is 17.2 Å². The number of rotatable bonds is 3. The van der Waals surface area contributed by atoms with Crippen molar-refractivity contribution in [1.29, 1.82) is 0 Å². The summed E-state index contributed by atoms with van der Waals surface area (Å²) in [6, 6.07) is 15.8. The van der Waals surface area contributed by atoms with Gasteiger partial charge in [-0.15, -0.1) is 5.10 Å². The molecule has 4 aromatic rings. The summed E-state index contributed by atoms with van der Waals surface area (Å²) in [4.78, 5) is 16.2. The van der Waals surface area contributed by atoms with Crippen molar-refractivity contribution in [2.24, 2.45) is 0 Å². The van der Waals surface area contributed by atoms with Crippen LogP contribution in [0.25, 0.3) is 11.5 Å². The predicted molar refractivity (Wildman–Crippen MR) is 133 cm³/mol. The minimum absolute atomic E-state index is 0.0694. The van der Waals surface area contributed by atoms with E-state index in [1.165, 1.54) is 4.31 Å². The van der Waals surface area contributed by atoms with Gasteiger partial charge in [-0.1, -0.05) is 39.0 Å². The molecule has 2 aromatic heterocycles. The fourth-order valence-electron chi connectivity index (χ4n) is 3.99. The molecule has 180 valence electrons. The molecule has 35 heavy (non-hydrogen) atoms. The Bertz CT molecular complexity index is 1580. The van der Waals surface area contributed by atoms with Crippen LogP contribution in [0.5, 0.6) is 0 Å². The maximum absolute atomic E-state index is 14.0. The van der Waals surface area contributed by atoms with Crippen LogP contribution in [0, 0.1) is 6.92 Å². The van der Waals surface area contributed by atoms with Gasteiger partial charge in [0, 0.05) is 16.8 Å². The van der Waals surface area contributed by atoms with Crippen LogP contribution >= 0.6 is 0 Å². The molecule has 1 aliphatic rings. The van der Waals surface area contributed by atoms with Crippen LogP contribution in [0.15, 0.2) is 68.7 Å². The Labute approximate surface area is 202 Å². The number of benzene rings is 2. The van der Waals surface area contributed by atoms with E-state index in [9.17, 15) is 13.2 Å². The van der Waals surface area contributed by atoms with E-state index in [4.69, 9.17) is 4.42 Å². The molecular formula is C25H25N5O4S. The molecule has 0 saturated heterocycles. The van der Waals surface area contributed by atoms with Gasteiger partial charge in [-0.25, -0.2) is 23.3 Å². The molecule has 0 amide bonds. The first-order chi connectivity index (χ1) is 16.5. The van der Waals surface area contributed by atoms with Gasteiger partial charge >= 0.3 is 5.76 Å². The number of hydrogen-bond acceptors (Lipinski definition) is 7. The lowest BCUT2D eigenvalue weighted by Crippen LogP contribution is -2.30. The third-order valence-electron chi connectivity index (χ3n) is 5.94. The van der Waals surface area contributed by atoms with E-state index in [-0.39, 0.29) is 22.7 Å². The Morgan fingerprint density at radius 2 is 1.77 bits per heavy atom. The maximum Gasteiger partial charge on any atom is 0.434 e. The molecule has 2 N–H and O–H groups in total. The highest BCUT2D eigenvalue weighted by molar-refractivity contribution is 7.92. The Morgan fingerprint density at radius 3 is 2.43 bits per heavy atom. The average molecular weight is 492 g/mol. The SMILES string of the molecule is Cc1ccc2c(n1)Nc1ccc(-c3n[nH]c(=O)o3)cc1N(S(=O)(=O)c1ccc(C(C)(C)C)cc1)C2. The molecular weight excluding hydrogens is 466 g/mol. The highest BCUT2D eigenvalue weighted by atomic mass is 32.2. The molecule has 0 fully saturated rings. The first kappa shape index (κ1) is 22.9. The minimum Gasteiger partial charge on any atom is -0.388 e. The second kappa shape index (κ2) is 8.09. The molecule has 10 heteroatoms. The summed E-state index contributed by atoms with van der Waals surface area (Å²) in [6.45, 7) is 8.18. The number of anilines is 3. The van der Waals surface area contributed by atoms with Gasteiger partial charge in [-0.3, -0.25) is 4.31 Å². The van der Waals surface area contributed by atoms with Gasteiger partial charge in [-0.05, 0) is 54.3 Å². The number of hydrogen-bond donors (Lipinski definition) is 2. The third kappa shape index (κ3) is 4.21. The van der Waals surface area contributed by atoms with E-state index >= 15 is 0 Å². The summed E-state index contributed by atoms with van der Waals surface area (Å²) in [5.41, 5.74) is 3.88. The van der Waals surface area contributed by atoms with Gasteiger partial charge < -0.3 is 9.73 Å². The topological polar surface area (TPSA) is 121 Å². The van der Waals surface area contributed by atoms with Crippen molar-refractivity contribution >= 4 is 27.2 Å². The standard InChI is InChI=1S/C25H25N5O4S/c1-15-5-6-17-14-30(35(32,33)19-10-8-18(9-11-19)25(2,3)4)21-13-16(23-28-29-24(31)34-23)7-12-20(21)27-22(17)26-15/h5-13H,14H2,1-4H3,(H,26,27)(H,29,31). The predicted octanol–water partition coefficient (Wildman–Crippen LogP) is 4.48. The van der Waals surface area contributed by atoms with Gasteiger partial charge in [0.05, 0.1) is 22.8 Å². The van der Waals surface area contributed by atoms with Gasteiger partial charge in [0.2, 0.25) is 5.89 Å². The summed E-state index contributed by atoms with van der Waals surface area (Å²) < 4.78 is 34.4. The fourth-order valence-corrected chi connectivity index (χ4v) is 5.44. The first-order valence-electron chi connectivity index (χ1n) is 11.1. The number of H-pyrrole nitrogens is 1. The number of nitrogens with one attached hydrogen (secondary N) is 2. The monoisotopic (exact) mass is 491 g/mol. The van der Waals surface area contributed by atoms with Crippen molar-refractivity contribution < 1.29 is 12.8 Å². The molecule has 5 rings (SSSR count). The van der Waals surface area contributed by atoms with Crippen LogP contribution in [-0.4, -0.2) is 23.6 Å². The number of aromatic amines is 1. The molecule has 0 saturated carbocycles. The van der Waals surface area contributed by atoms with E-state index in [0.717, 1.165) is 16.8 Å². The van der Waals surface area contributed by atoms with Crippen molar-refractivity contribution in [3.05, 3.63) is 82.0 Å². The largest absolute Gasteiger partial charge is 0.434 e. The Balaban J connectivity index is 1.67. The summed E-state index contributed by atoms with van der Waals surface area (Å²) >= 11 is 0. The van der Waals surface area contributed by atoms with E-state index < -0.39 is 15.8 Å². The lowest BCUT2D eigenvalue weighted by atomic mass is 9.87. The van der Waals surface area contributed by atoms with Crippen molar-refractivity contribution in [2.75, 3.05) is 9.62 Å². The average Bonchev–Trinajstić information content (AvgIpc) is 3.17. The maximum atomic E-state index is 14.0. The lowest BCUT2D eigenvalue weighted by Gasteiger charge is -2.25. The number of aromatic nitrogens is 3. The Kier molecular flexibility index (Phi) is 5.28. The van der Waals surface area contributed by atoms with Crippen molar-refractivity contribution in [3.8, 4) is 11.5 Å². The van der Waals surface area contributed by atoms with Crippen molar-refractivity contribution in [3.63, 3.8) is 0 Å². The quantitative estimate of drug-likeness (QED) is 0.433. The summed E-state index contributed by atoms with van der Waals surface area (Å²) in [6.07, 6.45) is 0. The molecule has 1 aliphatic heterocycles. The summed E-state index contributed by atoms with van der Waals surface area (Å²) in [5, 5.41) is 9.39. The van der Waals surface area contributed by atoms with E-state index in [0.29, 0.717) is 22.8 Å². The minimum atomic E-state index is -3.96. The van der Waals surface area contributed by atoms with Gasteiger partial charge in [0.15, 0.2) is 0 Å². The molecule has 0 aliphatic carbocycles. The van der Waals surface area contributed by atoms with Crippen molar-refractivity contribution in [2.45, 2.75) is 44.6 Å². The number of pyridine rings is 1. The highest BCUT2D eigenvalue weighted by Gasteiger charge is 2.31. The first-order valence-corrected chi connectivity index (χ1v) is 12.5. The van der Waals surface area contributed by atoms with Crippen molar-refractivity contribution in [1.82, 2.24) is 15.2 Å². The van der Waals surface area contributed by atoms with E-state index in [1.807, 2.05) is 31.2 Å². The normalized spacial score (nSPS) is 13.5. The Morgan fingerprint density at radius 1 is 1.03 bits per heavy atom. The smallest absolute Gasteiger partial charge is 0.388 e. The zero-order chi connectivity index (χ0) is 25.0. The molecule has 0 radical (unpaired) electrons. The number of aryl methyl sites for hydroxylation is 1. The van der Waals surface area contributed by atoms with Crippen LogP contribution in [-0.2, 0) is 22.0 Å². The third-order valence-corrected chi connectivity index (χ3v) is 7.72. The molecule has 0 spiro atoms. The summed E-state index contributed by atoms with van der Waals surface area (Å²) in [7, 11) is -3.96. The van der Waals surface area contributed by atoms with Crippen LogP contribution < -0.4 is 15.4 Å². The number of nitrogens with zero attached hydrogens (tertiary/aromatic N) is 3.